The maximum Gasteiger partial charge on any atom is 0.268 e. The van der Waals surface area contributed by atoms with Gasteiger partial charge in [-0.2, -0.15) is 5.26 Å². The number of fused-ring (bicyclic) bond motifs is 1. The van der Waals surface area contributed by atoms with Gasteiger partial charge in [0.2, 0.25) is 17.7 Å². The van der Waals surface area contributed by atoms with Gasteiger partial charge in [0.05, 0.1) is 44.2 Å². The van der Waals surface area contributed by atoms with Gasteiger partial charge in [0, 0.05) is 38.5 Å². The number of rotatable bonds is 13. The summed E-state index contributed by atoms with van der Waals surface area (Å²) in [7, 11) is 0. The molecule has 2 unspecified atom stereocenters. The van der Waals surface area contributed by atoms with Crippen molar-refractivity contribution >= 4 is 17.7 Å². The number of alkyl halides is 2. The van der Waals surface area contributed by atoms with E-state index in [1.165, 1.54) is 0 Å². The lowest BCUT2D eigenvalue weighted by molar-refractivity contribution is -0.135. The second-order valence-electron chi connectivity index (χ2n) is 13.3. The second-order valence-corrected chi connectivity index (χ2v) is 13.3. The Morgan fingerprint density at radius 1 is 1.19 bits per heavy atom. The molecule has 2 fully saturated rings. The smallest absolute Gasteiger partial charge is 0.268 e. The molecule has 14 heteroatoms. The lowest BCUT2D eigenvalue weighted by Gasteiger charge is -2.22. The quantitative estimate of drug-likeness (QED) is 0.347. The number of nitrogens with one attached hydrogen (secondary N) is 1. The van der Waals surface area contributed by atoms with Crippen LogP contribution in [0.15, 0.2) is 24.4 Å². The molecule has 1 aromatic carbocycles. The zero-order valence-corrected chi connectivity index (χ0v) is 27.3. The highest BCUT2D eigenvalue weighted by Crippen LogP contribution is 2.34. The normalized spacial score (nSPS) is 23.1. The summed E-state index contributed by atoms with van der Waals surface area (Å²) in [4.78, 5) is 41.5. The van der Waals surface area contributed by atoms with Crippen LogP contribution in [-0.2, 0) is 50.1 Å². The molecule has 12 nitrogen and oxygen atoms in total. The minimum atomic E-state index is -3.15. The molecule has 254 valence electrons. The summed E-state index contributed by atoms with van der Waals surface area (Å²) in [5, 5.41) is 20.3. The van der Waals surface area contributed by atoms with E-state index >= 15 is 0 Å². The van der Waals surface area contributed by atoms with Crippen LogP contribution in [0.25, 0.3) is 0 Å². The van der Waals surface area contributed by atoms with Crippen molar-refractivity contribution in [2.75, 3.05) is 13.2 Å². The first kappa shape index (κ1) is 34.4. The molecule has 3 aliphatic heterocycles. The van der Waals surface area contributed by atoms with Gasteiger partial charge in [-0.05, 0) is 49.3 Å². The zero-order chi connectivity index (χ0) is 33.9. The number of hydrogen-bond acceptors (Lipinski definition) is 8. The van der Waals surface area contributed by atoms with Crippen molar-refractivity contribution in [3.8, 4) is 6.07 Å². The van der Waals surface area contributed by atoms with E-state index in [0.29, 0.717) is 44.5 Å². The van der Waals surface area contributed by atoms with Gasteiger partial charge in [-0.25, -0.2) is 13.5 Å². The minimum absolute atomic E-state index is 0.0103. The van der Waals surface area contributed by atoms with Gasteiger partial charge >= 0.3 is 0 Å². The first-order valence-corrected chi connectivity index (χ1v) is 16.2. The fourth-order valence-electron chi connectivity index (χ4n) is 6.18. The first-order chi connectivity index (χ1) is 22.3. The predicted molar refractivity (Wildman–Crippen MR) is 164 cm³/mol. The van der Waals surface area contributed by atoms with Gasteiger partial charge in [-0.1, -0.05) is 37.3 Å². The third kappa shape index (κ3) is 8.31. The van der Waals surface area contributed by atoms with E-state index in [1.807, 2.05) is 31.3 Å². The number of amides is 3. The molecule has 3 aliphatic rings. The van der Waals surface area contributed by atoms with Gasteiger partial charge in [0.1, 0.15) is 17.8 Å². The molecule has 5 rings (SSSR count). The van der Waals surface area contributed by atoms with Crippen LogP contribution in [0.3, 0.4) is 0 Å². The van der Waals surface area contributed by atoms with E-state index in [1.54, 1.807) is 15.7 Å². The summed E-state index contributed by atoms with van der Waals surface area (Å²) in [5.74, 6) is -4.87. The largest absolute Gasteiger partial charge is 0.378 e. The van der Waals surface area contributed by atoms with Crippen LogP contribution in [0, 0.1) is 23.2 Å². The summed E-state index contributed by atoms with van der Waals surface area (Å²) >= 11 is 0. The zero-order valence-electron chi connectivity index (χ0n) is 27.3. The van der Waals surface area contributed by atoms with Crippen molar-refractivity contribution in [1.82, 2.24) is 30.1 Å². The number of aromatic nitrogens is 3. The van der Waals surface area contributed by atoms with Crippen molar-refractivity contribution in [1.29, 1.82) is 5.26 Å². The first-order valence-electron chi connectivity index (χ1n) is 16.2. The van der Waals surface area contributed by atoms with Gasteiger partial charge < -0.3 is 24.6 Å². The molecule has 0 saturated carbocycles. The fourth-order valence-corrected chi connectivity index (χ4v) is 6.18. The predicted octanol–water partition coefficient (Wildman–Crippen LogP) is 3.18. The lowest BCUT2D eigenvalue weighted by Crippen LogP contribution is -2.46. The van der Waals surface area contributed by atoms with E-state index in [2.05, 4.69) is 36.4 Å². The summed E-state index contributed by atoms with van der Waals surface area (Å²) < 4.78 is 41.3. The molecule has 4 heterocycles. The molecule has 0 radical (unpaired) electrons. The third-order valence-electron chi connectivity index (χ3n) is 9.34. The van der Waals surface area contributed by atoms with Crippen LogP contribution in [0.5, 0.6) is 0 Å². The van der Waals surface area contributed by atoms with E-state index in [0.717, 1.165) is 28.0 Å². The van der Waals surface area contributed by atoms with E-state index in [-0.39, 0.29) is 31.0 Å². The Labute approximate surface area is 273 Å². The number of halogens is 2. The summed E-state index contributed by atoms with van der Waals surface area (Å²) in [5.41, 5.74) is 3.73. The summed E-state index contributed by atoms with van der Waals surface area (Å²) in [6.45, 7) is 9.67. The van der Waals surface area contributed by atoms with Gasteiger partial charge in [0.15, 0.2) is 0 Å². The van der Waals surface area contributed by atoms with Gasteiger partial charge in [0.25, 0.3) is 5.92 Å². The van der Waals surface area contributed by atoms with Crippen LogP contribution < -0.4 is 5.32 Å². The van der Waals surface area contributed by atoms with E-state index in [4.69, 9.17) is 9.47 Å². The van der Waals surface area contributed by atoms with Crippen molar-refractivity contribution < 1.29 is 32.6 Å². The topological polar surface area (TPSA) is 143 Å². The second kappa shape index (κ2) is 14.4. The van der Waals surface area contributed by atoms with E-state index in [9.17, 15) is 28.4 Å². The molecule has 0 aliphatic carbocycles. The Morgan fingerprint density at radius 2 is 1.98 bits per heavy atom. The maximum absolute atomic E-state index is 13.9. The minimum Gasteiger partial charge on any atom is -0.378 e. The highest BCUT2D eigenvalue weighted by atomic mass is 19.3. The Balaban J connectivity index is 1.11. The SMILES string of the molecule is CC(CCOC(C)C(C)C)OCc1cn(Cc2cccc3c2CN(C(=O)C[C@@H]2C[C@@H](C(=O)N4CC(F)(F)C[C@H]4C#N)NC2=O)C3)nn1. The molecule has 47 heavy (non-hydrogen) atoms. The number of nitrogens with zero attached hydrogens (tertiary/aromatic N) is 6. The molecule has 5 atom stereocenters. The number of carbonyl (C=O) groups excluding carboxylic acids is 3. The Morgan fingerprint density at radius 3 is 2.72 bits per heavy atom. The maximum atomic E-state index is 13.9. The standard InChI is InChI=1S/C33H43F2N7O5/c1-20(2)22(4)46-9-8-21(3)47-18-26-16-41(39-38-26)15-24-7-5-6-23-14-40(17-28(23)24)30(43)11-25-10-29(37-31(25)44)32(45)42-19-33(34,35)12-27(42)13-36/h5-7,16,20-22,25,27,29H,8-12,14-15,17-19H2,1-4H3,(H,37,44)/t21?,22?,25-,27-,29-/m0/s1. The van der Waals surface area contributed by atoms with Crippen LogP contribution in [0.4, 0.5) is 8.78 Å². The molecule has 0 bridgehead atoms. The Kier molecular flexibility index (Phi) is 10.6. The average molecular weight is 656 g/mol. The number of ether oxygens (including phenoxy) is 2. The lowest BCUT2D eigenvalue weighted by atomic mass is 9.99. The van der Waals surface area contributed by atoms with Gasteiger partial charge in [-0.15, -0.1) is 5.10 Å². The molecule has 1 aromatic heterocycles. The van der Waals surface area contributed by atoms with Crippen molar-refractivity contribution in [2.24, 2.45) is 11.8 Å². The molecular formula is C33H43F2N7O5. The van der Waals surface area contributed by atoms with E-state index < -0.39 is 48.7 Å². The highest BCUT2D eigenvalue weighted by molar-refractivity contribution is 5.94. The summed E-state index contributed by atoms with van der Waals surface area (Å²) in [6.07, 6.45) is 2.02. The Hall–Kier alpha value is -3.96. The number of hydrogen-bond donors (Lipinski definition) is 1. The van der Waals surface area contributed by atoms with Crippen molar-refractivity contribution in [3.05, 3.63) is 46.8 Å². The average Bonchev–Trinajstić information content (AvgIpc) is 3.81. The monoisotopic (exact) mass is 655 g/mol. The van der Waals surface area contributed by atoms with Crippen LogP contribution in [0.2, 0.25) is 0 Å². The molecule has 0 spiro atoms. The van der Waals surface area contributed by atoms with Crippen LogP contribution in [0.1, 0.15) is 75.8 Å². The molecule has 1 N–H and O–H groups in total. The fraction of sp³-hybridized carbons (Fsp3) is 0.636. The van der Waals surface area contributed by atoms with Crippen molar-refractivity contribution in [2.45, 2.75) is 110 Å². The molecule has 3 amide bonds. The number of benzene rings is 1. The number of nitriles is 1. The molecule has 2 saturated heterocycles. The summed E-state index contributed by atoms with van der Waals surface area (Å²) in [6, 6.07) is 5.35. The number of likely N-dealkylation sites (tertiary alicyclic amines) is 1. The molecular weight excluding hydrogens is 612 g/mol. The Bertz CT molecular complexity index is 1510. The van der Waals surface area contributed by atoms with Crippen molar-refractivity contribution in [3.63, 3.8) is 0 Å². The van der Waals surface area contributed by atoms with Crippen LogP contribution in [-0.4, -0.2) is 85.9 Å². The highest BCUT2D eigenvalue weighted by Gasteiger charge is 2.50. The van der Waals surface area contributed by atoms with Crippen LogP contribution >= 0.6 is 0 Å². The number of carbonyl (C=O) groups is 3. The third-order valence-corrected chi connectivity index (χ3v) is 9.34. The van der Waals surface area contributed by atoms with Gasteiger partial charge in [-0.3, -0.25) is 14.4 Å². The molecule has 2 aromatic rings.